The Kier molecular flexibility index (Phi) is 5.21. The second-order valence-corrected chi connectivity index (χ2v) is 6.19. The fourth-order valence-corrected chi connectivity index (χ4v) is 3.08. The van der Waals surface area contributed by atoms with Gasteiger partial charge in [0, 0.05) is 18.4 Å². The molecule has 3 rings (SSSR count). The van der Waals surface area contributed by atoms with Gasteiger partial charge < -0.3 is 4.90 Å². The van der Waals surface area contributed by atoms with Crippen LogP contribution in [0.25, 0.3) is 5.65 Å². The molecule has 1 amide bonds. The molecule has 0 bridgehead atoms. The lowest BCUT2D eigenvalue weighted by Gasteiger charge is -2.21. The number of pyridine rings is 1. The molecule has 0 aliphatic heterocycles. The average molecular weight is 375 g/mol. The van der Waals surface area contributed by atoms with Crippen molar-refractivity contribution in [3.63, 3.8) is 0 Å². The molecule has 0 spiro atoms. The Morgan fingerprint density at radius 3 is 2.41 bits per heavy atom. The first kappa shape index (κ1) is 18.9. The largest absolute Gasteiger partial charge is 0.417 e. The first-order chi connectivity index (χ1) is 12.9. The molecule has 2 aromatic heterocycles. The van der Waals surface area contributed by atoms with Gasteiger partial charge in [-0.05, 0) is 37.6 Å². The topological polar surface area (TPSA) is 37.6 Å². The maximum absolute atomic E-state index is 13.3. The molecule has 1 aromatic carbocycles. The first-order valence-electron chi connectivity index (χ1n) is 8.81. The molecule has 7 heteroatoms. The predicted octanol–water partition coefficient (Wildman–Crippen LogP) is 4.97. The molecule has 2 heterocycles. The van der Waals surface area contributed by atoms with Gasteiger partial charge in [0.15, 0.2) is 0 Å². The van der Waals surface area contributed by atoms with E-state index in [-0.39, 0.29) is 11.6 Å². The van der Waals surface area contributed by atoms with E-state index < -0.39 is 11.7 Å². The minimum Gasteiger partial charge on any atom is -0.307 e. The van der Waals surface area contributed by atoms with Gasteiger partial charge in [0.2, 0.25) is 0 Å². The molecular weight excluding hydrogens is 355 g/mol. The van der Waals surface area contributed by atoms with Gasteiger partial charge in [-0.2, -0.15) is 13.2 Å². The molecule has 0 N–H and O–H groups in total. The van der Waals surface area contributed by atoms with Gasteiger partial charge in [-0.25, -0.2) is 4.98 Å². The Labute approximate surface area is 155 Å². The number of halogens is 3. The number of fused-ring (bicyclic) bond motifs is 1. The SMILES string of the molecule is CCCc1nc2ccc(C(F)(F)F)cn2c1C(=O)N(CC)c1ccccc1. The monoisotopic (exact) mass is 375 g/mol. The Balaban J connectivity index is 2.17. The van der Waals surface area contributed by atoms with Crippen LogP contribution < -0.4 is 4.90 Å². The highest BCUT2D eigenvalue weighted by Crippen LogP contribution is 2.30. The number of carbonyl (C=O) groups excluding carboxylic acids is 1. The smallest absolute Gasteiger partial charge is 0.307 e. The van der Waals surface area contributed by atoms with Crippen LogP contribution in [0.15, 0.2) is 48.7 Å². The first-order valence-corrected chi connectivity index (χ1v) is 8.81. The van der Waals surface area contributed by atoms with Gasteiger partial charge in [-0.15, -0.1) is 0 Å². The second kappa shape index (κ2) is 7.42. The van der Waals surface area contributed by atoms with Crippen LogP contribution in [0, 0.1) is 0 Å². The third-order valence-electron chi connectivity index (χ3n) is 4.34. The van der Waals surface area contributed by atoms with Gasteiger partial charge >= 0.3 is 6.18 Å². The molecule has 3 aromatic rings. The van der Waals surface area contributed by atoms with E-state index in [1.807, 2.05) is 32.0 Å². The molecular formula is C20H20F3N3O. The van der Waals surface area contributed by atoms with Crippen molar-refractivity contribution < 1.29 is 18.0 Å². The Morgan fingerprint density at radius 1 is 1.11 bits per heavy atom. The minimum atomic E-state index is -4.49. The van der Waals surface area contributed by atoms with E-state index in [4.69, 9.17) is 0 Å². The second-order valence-electron chi connectivity index (χ2n) is 6.19. The summed E-state index contributed by atoms with van der Waals surface area (Å²) >= 11 is 0. The molecule has 142 valence electrons. The Bertz CT molecular complexity index is 948. The molecule has 0 aliphatic rings. The molecule has 0 radical (unpaired) electrons. The highest BCUT2D eigenvalue weighted by Gasteiger charge is 2.32. The van der Waals surface area contributed by atoms with Crippen molar-refractivity contribution >= 4 is 17.2 Å². The van der Waals surface area contributed by atoms with Crippen molar-refractivity contribution in [3.8, 4) is 0 Å². The molecule has 0 saturated heterocycles. The lowest BCUT2D eigenvalue weighted by molar-refractivity contribution is -0.137. The number of imidazole rings is 1. The summed E-state index contributed by atoms with van der Waals surface area (Å²) in [5.41, 5.74) is 0.903. The number of para-hydroxylation sites is 1. The van der Waals surface area contributed by atoms with E-state index in [2.05, 4.69) is 4.98 Å². The van der Waals surface area contributed by atoms with Crippen molar-refractivity contribution in [1.29, 1.82) is 0 Å². The van der Waals surface area contributed by atoms with Crippen molar-refractivity contribution in [2.75, 3.05) is 11.4 Å². The molecule has 4 nitrogen and oxygen atoms in total. The zero-order chi connectivity index (χ0) is 19.6. The summed E-state index contributed by atoms with van der Waals surface area (Å²) in [4.78, 5) is 19.2. The standard InChI is InChI=1S/C20H20F3N3O/c1-3-8-16-18(19(27)25(4-2)15-9-6-5-7-10-15)26-13-14(20(21,22)23)11-12-17(26)24-16/h5-7,9-13H,3-4,8H2,1-2H3. The van der Waals surface area contributed by atoms with E-state index in [9.17, 15) is 18.0 Å². The number of aryl methyl sites for hydroxylation is 1. The number of rotatable bonds is 5. The third-order valence-corrected chi connectivity index (χ3v) is 4.34. The van der Waals surface area contributed by atoms with Gasteiger partial charge in [0.25, 0.3) is 5.91 Å². The fraction of sp³-hybridized carbons (Fsp3) is 0.300. The van der Waals surface area contributed by atoms with Crippen molar-refractivity contribution in [1.82, 2.24) is 9.38 Å². The lowest BCUT2D eigenvalue weighted by Crippen LogP contribution is -2.32. The van der Waals surface area contributed by atoms with E-state index in [0.29, 0.717) is 30.0 Å². The number of nitrogens with zero attached hydrogens (tertiary/aromatic N) is 3. The van der Waals surface area contributed by atoms with Gasteiger partial charge in [-0.1, -0.05) is 31.5 Å². The Morgan fingerprint density at radius 2 is 1.81 bits per heavy atom. The quantitative estimate of drug-likeness (QED) is 0.631. The van der Waals surface area contributed by atoms with Crippen LogP contribution in [0.3, 0.4) is 0 Å². The fourth-order valence-electron chi connectivity index (χ4n) is 3.08. The number of anilines is 1. The summed E-state index contributed by atoms with van der Waals surface area (Å²) in [7, 11) is 0. The van der Waals surface area contributed by atoms with Crippen LogP contribution >= 0.6 is 0 Å². The maximum Gasteiger partial charge on any atom is 0.417 e. The summed E-state index contributed by atoms with van der Waals surface area (Å²) in [5.74, 6) is -0.362. The summed E-state index contributed by atoms with van der Waals surface area (Å²) in [6.45, 7) is 4.16. The molecule has 0 aliphatic carbocycles. The highest BCUT2D eigenvalue weighted by molar-refractivity contribution is 6.06. The number of aromatic nitrogens is 2. The Hall–Kier alpha value is -2.83. The number of hydrogen-bond donors (Lipinski definition) is 0. The molecule has 0 atom stereocenters. The van der Waals surface area contributed by atoms with Gasteiger partial charge in [0.05, 0.1) is 11.3 Å². The summed E-state index contributed by atoms with van der Waals surface area (Å²) in [5, 5.41) is 0. The normalized spacial score (nSPS) is 11.7. The van der Waals surface area contributed by atoms with Crippen LogP contribution in [0.5, 0.6) is 0 Å². The van der Waals surface area contributed by atoms with Crippen LogP contribution in [0.1, 0.15) is 42.0 Å². The zero-order valence-electron chi connectivity index (χ0n) is 15.1. The van der Waals surface area contributed by atoms with E-state index >= 15 is 0 Å². The van der Waals surface area contributed by atoms with Crippen molar-refractivity contribution in [2.45, 2.75) is 32.9 Å². The number of carbonyl (C=O) groups is 1. The molecule has 27 heavy (non-hydrogen) atoms. The van der Waals surface area contributed by atoms with E-state index in [0.717, 1.165) is 18.7 Å². The van der Waals surface area contributed by atoms with E-state index in [1.54, 1.807) is 17.0 Å². The number of alkyl halides is 3. The van der Waals surface area contributed by atoms with Gasteiger partial charge in [-0.3, -0.25) is 9.20 Å². The highest BCUT2D eigenvalue weighted by atomic mass is 19.4. The van der Waals surface area contributed by atoms with Crippen molar-refractivity contribution in [2.24, 2.45) is 0 Å². The predicted molar refractivity (Wildman–Crippen MR) is 98.0 cm³/mol. The van der Waals surface area contributed by atoms with Crippen LogP contribution in [-0.2, 0) is 12.6 Å². The van der Waals surface area contributed by atoms with Crippen LogP contribution in [0.2, 0.25) is 0 Å². The van der Waals surface area contributed by atoms with Crippen molar-refractivity contribution in [3.05, 3.63) is 65.6 Å². The maximum atomic E-state index is 13.3. The summed E-state index contributed by atoms with van der Waals surface area (Å²) in [6.07, 6.45) is -2.30. The molecule has 0 fully saturated rings. The number of benzene rings is 1. The summed E-state index contributed by atoms with van der Waals surface area (Å²) < 4.78 is 40.8. The minimum absolute atomic E-state index is 0.184. The number of hydrogen-bond acceptors (Lipinski definition) is 2. The van der Waals surface area contributed by atoms with Crippen LogP contribution in [0.4, 0.5) is 18.9 Å². The zero-order valence-corrected chi connectivity index (χ0v) is 15.1. The lowest BCUT2D eigenvalue weighted by atomic mass is 10.1. The molecule has 0 saturated carbocycles. The van der Waals surface area contributed by atoms with Crippen LogP contribution in [-0.4, -0.2) is 21.8 Å². The molecule has 0 unspecified atom stereocenters. The average Bonchev–Trinajstić information content (AvgIpc) is 3.00. The van der Waals surface area contributed by atoms with E-state index in [1.165, 1.54) is 10.5 Å². The number of amides is 1. The van der Waals surface area contributed by atoms with Gasteiger partial charge in [0.1, 0.15) is 11.3 Å². The summed E-state index contributed by atoms with van der Waals surface area (Å²) in [6, 6.07) is 11.4. The third kappa shape index (κ3) is 3.67.